The maximum absolute atomic E-state index is 11.1. The van der Waals surface area contributed by atoms with Crippen molar-refractivity contribution in [3.63, 3.8) is 0 Å². The number of carbonyl (C=O) groups is 2. The zero-order valence-electron chi connectivity index (χ0n) is 9.75. The quantitative estimate of drug-likeness (QED) is 0.541. The van der Waals surface area contributed by atoms with Gasteiger partial charge in [-0.1, -0.05) is 0 Å². The van der Waals surface area contributed by atoms with E-state index in [0.29, 0.717) is 6.54 Å². The lowest BCUT2D eigenvalue weighted by Crippen LogP contribution is -2.23. The number of hydrogen-bond donors (Lipinski definition) is 3. The highest BCUT2D eigenvalue weighted by Gasteiger charge is 2.24. The Hall–Kier alpha value is -2.64. The van der Waals surface area contributed by atoms with E-state index in [-0.39, 0.29) is 35.3 Å². The number of anilines is 1. The van der Waals surface area contributed by atoms with E-state index in [2.05, 4.69) is 10.6 Å². The fourth-order valence-corrected chi connectivity index (χ4v) is 1.88. The van der Waals surface area contributed by atoms with Gasteiger partial charge in [0.2, 0.25) is 5.91 Å². The molecular weight excluding hydrogens is 254 g/mol. The molecule has 0 aromatic heterocycles. The van der Waals surface area contributed by atoms with Gasteiger partial charge >= 0.3 is 5.97 Å². The lowest BCUT2D eigenvalue weighted by molar-refractivity contribution is -0.384. The molecule has 100 valence electrons. The number of rotatable bonds is 4. The third-order valence-corrected chi connectivity index (χ3v) is 2.78. The van der Waals surface area contributed by atoms with Gasteiger partial charge in [0.25, 0.3) is 5.69 Å². The summed E-state index contributed by atoms with van der Waals surface area (Å²) in [4.78, 5) is 32.2. The molecule has 1 amide bonds. The molecule has 1 aliphatic rings. The molecule has 0 aliphatic carbocycles. The molecule has 1 heterocycles. The number of hydrogen-bond acceptors (Lipinski definition) is 5. The van der Waals surface area contributed by atoms with Crippen LogP contribution in [0.15, 0.2) is 18.2 Å². The Morgan fingerprint density at radius 1 is 1.53 bits per heavy atom. The highest BCUT2D eigenvalue weighted by atomic mass is 16.6. The summed E-state index contributed by atoms with van der Waals surface area (Å²) < 4.78 is 0. The first kappa shape index (κ1) is 12.8. The highest BCUT2D eigenvalue weighted by Crippen LogP contribution is 2.24. The number of carboxylic acid groups (broad SMARTS) is 1. The van der Waals surface area contributed by atoms with Crippen LogP contribution < -0.4 is 10.6 Å². The monoisotopic (exact) mass is 265 g/mol. The van der Waals surface area contributed by atoms with Crippen LogP contribution in [0.3, 0.4) is 0 Å². The minimum absolute atomic E-state index is 0.0649. The van der Waals surface area contributed by atoms with Crippen LogP contribution in [0.2, 0.25) is 0 Å². The van der Waals surface area contributed by atoms with Crippen LogP contribution in [0.25, 0.3) is 0 Å². The van der Waals surface area contributed by atoms with Crippen LogP contribution in [0.5, 0.6) is 0 Å². The summed E-state index contributed by atoms with van der Waals surface area (Å²) in [6.45, 7) is 0.362. The van der Waals surface area contributed by atoms with Gasteiger partial charge in [-0.3, -0.25) is 14.9 Å². The average molecular weight is 265 g/mol. The SMILES string of the molecule is O=C1CC(Nc2cc([N+](=O)[O-])ccc2C(=O)O)CN1. The van der Waals surface area contributed by atoms with Crippen molar-refractivity contribution in [2.45, 2.75) is 12.5 Å². The third-order valence-electron chi connectivity index (χ3n) is 2.78. The molecule has 0 radical (unpaired) electrons. The molecule has 8 nitrogen and oxygen atoms in total. The summed E-state index contributed by atoms with van der Waals surface area (Å²) in [7, 11) is 0. The van der Waals surface area contributed by atoms with E-state index in [1.54, 1.807) is 0 Å². The number of non-ortho nitro benzene ring substituents is 1. The number of nitro groups is 1. The van der Waals surface area contributed by atoms with E-state index in [4.69, 9.17) is 5.11 Å². The van der Waals surface area contributed by atoms with Crippen LogP contribution in [0, 0.1) is 10.1 Å². The maximum atomic E-state index is 11.1. The van der Waals surface area contributed by atoms with E-state index in [1.165, 1.54) is 6.07 Å². The van der Waals surface area contributed by atoms with Crippen molar-refractivity contribution in [3.8, 4) is 0 Å². The average Bonchev–Trinajstić information content (AvgIpc) is 2.74. The lowest BCUT2D eigenvalue weighted by Gasteiger charge is -2.14. The maximum Gasteiger partial charge on any atom is 0.337 e. The number of benzene rings is 1. The molecule has 1 aromatic carbocycles. The van der Waals surface area contributed by atoms with Gasteiger partial charge in [0.1, 0.15) is 0 Å². The zero-order chi connectivity index (χ0) is 14.0. The molecule has 0 bridgehead atoms. The number of nitro benzene ring substituents is 1. The summed E-state index contributed by atoms with van der Waals surface area (Å²) in [6.07, 6.45) is 0.210. The highest BCUT2D eigenvalue weighted by molar-refractivity contribution is 5.95. The second kappa shape index (κ2) is 4.92. The Morgan fingerprint density at radius 3 is 2.79 bits per heavy atom. The molecule has 1 saturated heterocycles. The lowest BCUT2D eigenvalue weighted by atomic mass is 10.1. The first-order chi connectivity index (χ1) is 8.97. The molecule has 1 atom stereocenters. The Morgan fingerprint density at radius 2 is 2.26 bits per heavy atom. The van der Waals surface area contributed by atoms with Crippen LogP contribution in [0.1, 0.15) is 16.8 Å². The fraction of sp³-hybridized carbons (Fsp3) is 0.273. The molecular formula is C11H11N3O5. The third kappa shape index (κ3) is 2.79. The number of carboxylic acids is 1. The molecule has 0 saturated carbocycles. The van der Waals surface area contributed by atoms with E-state index < -0.39 is 10.9 Å². The van der Waals surface area contributed by atoms with Gasteiger partial charge in [0.15, 0.2) is 0 Å². The topological polar surface area (TPSA) is 122 Å². The van der Waals surface area contributed by atoms with Crippen molar-refractivity contribution in [3.05, 3.63) is 33.9 Å². The first-order valence-corrected chi connectivity index (χ1v) is 5.52. The van der Waals surface area contributed by atoms with Gasteiger partial charge in [-0.25, -0.2) is 4.79 Å². The molecule has 1 fully saturated rings. The molecule has 1 aliphatic heterocycles. The fourth-order valence-electron chi connectivity index (χ4n) is 1.88. The van der Waals surface area contributed by atoms with Crippen LogP contribution in [-0.2, 0) is 4.79 Å². The minimum atomic E-state index is -1.19. The van der Waals surface area contributed by atoms with Crippen molar-refractivity contribution in [1.82, 2.24) is 5.32 Å². The van der Waals surface area contributed by atoms with Crippen molar-refractivity contribution < 1.29 is 19.6 Å². The number of nitrogens with zero attached hydrogens (tertiary/aromatic N) is 1. The summed E-state index contributed by atoms with van der Waals surface area (Å²) >= 11 is 0. The number of nitrogens with one attached hydrogen (secondary N) is 2. The Labute approximate surface area is 107 Å². The largest absolute Gasteiger partial charge is 0.478 e. The Bertz CT molecular complexity index is 557. The van der Waals surface area contributed by atoms with Gasteiger partial charge < -0.3 is 15.7 Å². The Kier molecular flexibility index (Phi) is 3.32. The molecule has 8 heteroatoms. The second-order valence-corrected chi connectivity index (χ2v) is 4.14. The summed E-state index contributed by atoms with van der Waals surface area (Å²) in [5.41, 5.74) is -0.127. The standard InChI is InChI=1S/C11H11N3O5/c15-10-3-6(5-12-10)13-9-4-7(14(18)19)1-2-8(9)11(16)17/h1-2,4,6,13H,3,5H2,(H,12,15)(H,16,17). The normalized spacial score (nSPS) is 17.9. The predicted octanol–water partition coefficient (Wildman–Crippen LogP) is 0.593. The van der Waals surface area contributed by atoms with Gasteiger partial charge in [-0.15, -0.1) is 0 Å². The van der Waals surface area contributed by atoms with E-state index in [9.17, 15) is 19.7 Å². The van der Waals surface area contributed by atoms with Gasteiger partial charge in [0.05, 0.1) is 22.2 Å². The van der Waals surface area contributed by atoms with E-state index in [0.717, 1.165) is 12.1 Å². The molecule has 0 spiro atoms. The summed E-state index contributed by atoms with van der Waals surface area (Å²) in [5, 5.41) is 25.2. The Balaban J connectivity index is 2.29. The van der Waals surface area contributed by atoms with Crippen molar-refractivity contribution in [2.24, 2.45) is 0 Å². The first-order valence-electron chi connectivity index (χ1n) is 5.52. The van der Waals surface area contributed by atoms with E-state index in [1.807, 2.05) is 0 Å². The van der Waals surface area contributed by atoms with Crippen LogP contribution >= 0.6 is 0 Å². The minimum Gasteiger partial charge on any atom is -0.478 e. The molecule has 1 aromatic rings. The van der Waals surface area contributed by atoms with Crippen molar-refractivity contribution in [1.29, 1.82) is 0 Å². The number of aromatic carboxylic acids is 1. The predicted molar refractivity (Wildman–Crippen MR) is 65.1 cm³/mol. The summed E-state index contributed by atoms with van der Waals surface area (Å²) in [5.74, 6) is -1.32. The number of carbonyl (C=O) groups excluding carboxylic acids is 1. The van der Waals surface area contributed by atoms with Gasteiger partial charge in [-0.2, -0.15) is 0 Å². The van der Waals surface area contributed by atoms with Crippen molar-refractivity contribution in [2.75, 3.05) is 11.9 Å². The van der Waals surface area contributed by atoms with Crippen molar-refractivity contribution >= 4 is 23.3 Å². The summed E-state index contributed by atoms with van der Waals surface area (Å²) in [6, 6.07) is 3.19. The smallest absolute Gasteiger partial charge is 0.337 e. The van der Waals surface area contributed by atoms with Crippen LogP contribution in [-0.4, -0.2) is 34.5 Å². The number of amides is 1. The van der Waals surface area contributed by atoms with Gasteiger partial charge in [-0.05, 0) is 6.07 Å². The molecule has 1 unspecified atom stereocenters. The zero-order valence-corrected chi connectivity index (χ0v) is 9.75. The van der Waals surface area contributed by atoms with Gasteiger partial charge in [0, 0.05) is 25.1 Å². The molecule has 2 rings (SSSR count). The second-order valence-electron chi connectivity index (χ2n) is 4.14. The molecule has 19 heavy (non-hydrogen) atoms. The van der Waals surface area contributed by atoms with E-state index >= 15 is 0 Å². The van der Waals surface area contributed by atoms with Crippen LogP contribution in [0.4, 0.5) is 11.4 Å². The molecule has 3 N–H and O–H groups in total.